The number of rotatable bonds is 4. The van der Waals surface area contributed by atoms with Crippen LogP contribution >= 0.6 is 0 Å². The van der Waals surface area contributed by atoms with E-state index in [9.17, 15) is 9.59 Å². The van der Waals surface area contributed by atoms with Crippen LogP contribution in [0, 0.1) is 5.92 Å². The lowest BCUT2D eigenvalue weighted by Gasteiger charge is -2.33. The molecule has 0 aromatic heterocycles. The van der Waals surface area contributed by atoms with E-state index in [-0.39, 0.29) is 17.7 Å². The summed E-state index contributed by atoms with van der Waals surface area (Å²) >= 11 is 0. The van der Waals surface area contributed by atoms with E-state index in [0.29, 0.717) is 18.0 Å². The van der Waals surface area contributed by atoms with Crippen LogP contribution in [0.5, 0.6) is 5.75 Å². The number of nitrogens with zero attached hydrogens (tertiary/aromatic N) is 1. The first-order valence-corrected chi connectivity index (χ1v) is 7.37. The van der Waals surface area contributed by atoms with E-state index in [1.54, 1.807) is 24.0 Å². The summed E-state index contributed by atoms with van der Waals surface area (Å²) in [5, 5.41) is 2.84. The zero-order valence-electron chi connectivity index (χ0n) is 13.0. The van der Waals surface area contributed by atoms with Gasteiger partial charge in [0.1, 0.15) is 5.75 Å². The van der Waals surface area contributed by atoms with Crippen molar-refractivity contribution < 1.29 is 14.3 Å². The van der Waals surface area contributed by atoms with Crippen LogP contribution in [0.25, 0.3) is 0 Å². The predicted octanol–water partition coefficient (Wildman–Crippen LogP) is 2.81. The Bertz CT molecular complexity index is 554. The Labute approximate surface area is 125 Å². The van der Waals surface area contributed by atoms with E-state index in [0.717, 1.165) is 12.1 Å². The van der Waals surface area contributed by atoms with Crippen LogP contribution in [0.2, 0.25) is 0 Å². The van der Waals surface area contributed by atoms with Crippen LogP contribution < -0.4 is 15.0 Å². The Balaban J connectivity index is 2.29. The molecular weight excluding hydrogens is 268 g/mol. The maximum atomic E-state index is 12.2. The number of benzene rings is 1. The normalized spacial score (nSPS) is 17.5. The number of carbonyl (C=O) groups is 2. The largest absolute Gasteiger partial charge is 0.479 e. The molecule has 1 aromatic carbocycles. The lowest BCUT2D eigenvalue weighted by molar-refractivity contribution is -0.125. The molecule has 5 heteroatoms. The smallest absolute Gasteiger partial charge is 0.267 e. The zero-order valence-corrected chi connectivity index (χ0v) is 13.0. The van der Waals surface area contributed by atoms with Gasteiger partial charge in [0, 0.05) is 24.2 Å². The van der Waals surface area contributed by atoms with Crippen molar-refractivity contribution in [1.82, 2.24) is 0 Å². The van der Waals surface area contributed by atoms with Gasteiger partial charge >= 0.3 is 0 Å². The summed E-state index contributed by atoms with van der Waals surface area (Å²) in [4.78, 5) is 25.7. The third kappa shape index (κ3) is 3.17. The average molecular weight is 290 g/mol. The Hall–Kier alpha value is -2.04. The number of hydrogen-bond acceptors (Lipinski definition) is 3. The van der Waals surface area contributed by atoms with Crippen molar-refractivity contribution in [2.75, 3.05) is 16.8 Å². The van der Waals surface area contributed by atoms with Crippen LogP contribution in [-0.4, -0.2) is 24.5 Å². The first kappa shape index (κ1) is 15.4. The van der Waals surface area contributed by atoms with Gasteiger partial charge in [-0.3, -0.25) is 9.59 Å². The van der Waals surface area contributed by atoms with Crippen LogP contribution in [0.15, 0.2) is 18.2 Å². The molecule has 1 aliphatic heterocycles. The Morgan fingerprint density at radius 3 is 2.76 bits per heavy atom. The first-order valence-electron chi connectivity index (χ1n) is 7.37. The minimum Gasteiger partial charge on any atom is -0.479 e. The second-order valence-corrected chi connectivity index (χ2v) is 5.58. The number of nitrogens with one attached hydrogen (secondary N) is 1. The monoisotopic (exact) mass is 290 g/mol. The molecule has 5 nitrogen and oxygen atoms in total. The molecule has 0 aliphatic carbocycles. The number of amides is 2. The lowest BCUT2D eigenvalue weighted by Crippen LogP contribution is -2.44. The minimum atomic E-state index is -0.500. The van der Waals surface area contributed by atoms with Crippen molar-refractivity contribution in [1.29, 1.82) is 0 Å². The van der Waals surface area contributed by atoms with Crippen LogP contribution in [0.3, 0.4) is 0 Å². The van der Waals surface area contributed by atoms with Crippen LogP contribution in [-0.2, 0) is 9.59 Å². The molecule has 0 radical (unpaired) electrons. The van der Waals surface area contributed by atoms with Gasteiger partial charge in [0.2, 0.25) is 5.91 Å². The van der Waals surface area contributed by atoms with Crippen LogP contribution in [0.4, 0.5) is 11.4 Å². The van der Waals surface area contributed by atoms with Gasteiger partial charge in [-0.05, 0) is 25.5 Å². The van der Waals surface area contributed by atoms with Crippen molar-refractivity contribution in [2.24, 2.45) is 5.92 Å². The molecule has 0 fully saturated rings. The number of fused-ring (bicyclic) bond motifs is 1. The zero-order chi connectivity index (χ0) is 15.6. The summed E-state index contributed by atoms with van der Waals surface area (Å²) < 4.78 is 5.66. The maximum absolute atomic E-state index is 12.2. The van der Waals surface area contributed by atoms with E-state index in [1.807, 2.05) is 26.8 Å². The minimum absolute atomic E-state index is 0.0247. The molecule has 0 saturated carbocycles. The molecule has 1 heterocycles. The highest BCUT2D eigenvalue weighted by molar-refractivity contribution is 6.00. The van der Waals surface area contributed by atoms with Crippen molar-refractivity contribution in [3.63, 3.8) is 0 Å². The lowest BCUT2D eigenvalue weighted by atomic mass is 10.1. The topological polar surface area (TPSA) is 58.6 Å². The molecule has 2 amide bonds. The van der Waals surface area contributed by atoms with Gasteiger partial charge in [-0.2, -0.15) is 0 Å². The van der Waals surface area contributed by atoms with E-state index in [2.05, 4.69) is 5.32 Å². The summed E-state index contributed by atoms with van der Waals surface area (Å²) in [5.74, 6) is 0.486. The number of anilines is 2. The molecule has 21 heavy (non-hydrogen) atoms. The molecule has 114 valence electrons. The van der Waals surface area contributed by atoms with Gasteiger partial charge in [0.25, 0.3) is 5.91 Å². The summed E-state index contributed by atoms with van der Waals surface area (Å²) in [6.07, 6.45) is 0.379. The second-order valence-electron chi connectivity index (χ2n) is 5.58. The predicted molar refractivity (Wildman–Crippen MR) is 82.6 cm³/mol. The highest BCUT2D eigenvalue weighted by Gasteiger charge is 2.31. The summed E-state index contributed by atoms with van der Waals surface area (Å²) in [7, 11) is 0. The standard InChI is InChI=1S/C16H22N2O3/c1-5-8-18-13-7-6-12(17-15(19)10(2)3)9-14(13)21-11(4)16(18)20/h6-7,9-11H,5,8H2,1-4H3,(H,17,19). The van der Waals surface area contributed by atoms with Crippen molar-refractivity contribution in [3.8, 4) is 5.75 Å². The van der Waals surface area contributed by atoms with Crippen LogP contribution in [0.1, 0.15) is 34.1 Å². The molecule has 1 aliphatic rings. The summed E-state index contributed by atoms with van der Waals surface area (Å²) in [6, 6.07) is 5.40. The quantitative estimate of drug-likeness (QED) is 0.927. The first-order chi connectivity index (χ1) is 9.93. The second kappa shape index (κ2) is 6.16. The highest BCUT2D eigenvalue weighted by Crippen LogP contribution is 2.36. The third-order valence-electron chi connectivity index (χ3n) is 3.41. The average Bonchev–Trinajstić information content (AvgIpc) is 2.43. The Kier molecular flexibility index (Phi) is 4.50. The summed E-state index contributed by atoms with van der Waals surface area (Å²) in [6.45, 7) is 8.12. The molecule has 0 saturated heterocycles. The van der Waals surface area contributed by atoms with Crippen molar-refractivity contribution >= 4 is 23.2 Å². The van der Waals surface area contributed by atoms with E-state index in [1.165, 1.54) is 0 Å². The van der Waals surface area contributed by atoms with Crippen molar-refractivity contribution in [3.05, 3.63) is 18.2 Å². The van der Waals surface area contributed by atoms with Gasteiger partial charge in [0.15, 0.2) is 6.10 Å². The van der Waals surface area contributed by atoms with E-state index in [4.69, 9.17) is 4.74 Å². The Morgan fingerprint density at radius 1 is 1.43 bits per heavy atom. The molecular formula is C16H22N2O3. The van der Waals surface area contributed by atoms with Gasteiger partial charge in [-0.25, -0.2) is 0 Å². The highest BCUT2D eigenvalue weighted by atomic mass is 16.5. The SMILES string of the molecule is CCCN1C(=O)C(C)Oc2cc(NC(=O)C(C)C)ccc21. The van der Waals surface area contributed by atoms with Gasteiger partial charge in [-0.15, -0.1) is 0 Å². The fraction of sp³-hybridized carbons (Fsp3) is 0.500. The molecule has 1 unspecified atom stereocenters. The van der Waals surface area contributed by atoms with Gasteiger partial charge in [0.05, 0.1) is 5.69 Å². The Morgan fingerprint density at radius 2 is 2.14 bits per heavy atom. The number of hydrogen-bond donors (Lipinski definition) is 1. The molecule has 1 aromatic rings. The molecule has 1 N–H and O–H groups in total. The molecule has 0 spiro atoms. The molecule has 2 rings (SSSR count). The summed E-state index contributed by atoms with van der Waals surface area (Å²) in [5.41, 5.74) is 1.45. The van der Waals surface area contributed by atoms with E-state index < -0.39 is 6.10 Å². The van der Waals surface area contributed by atoms with Gasteiger partial charge < -0.3 is 15.0 Å². The van der Waals surface area contributed by atoms with E-state index >= 15 is 0 Å². The fourth-order valence-electron chi connectivity index (χ4n) is 2.23. The number of carbonyl (C=O) groups excluding carboxylic acids is 2. The molecule has 1 atom stereocenters. The van der Waals surface area contributed by atoms with Gasteiger partial charge in [-0.1, -0.05) is 20.8 Å². The van der Waals surface area contributed by atoms with Crippen molar-refractivity contribution in [2.45, 2.75) is 40.2 Å². The maximum Gasteiger partial charge on any atom is 0.267 e. The molecule has 0 bridgehead atoms. The third-order valence-corrected chi connectivity index (χ3v) is 3.41. The number of ether oxygens (including phenoxy) is 1. The fourth-order valence-corrected chi connectivity index (χ4v) is 2.23.